The third-order valence-electron chi connectivity index (χ3n) is 3.63. The summed E-state index contributed by atoms with van der Waals surface area (Å²) in [5.41, 5.74) is -0.668. The zero-order valence-corrected chi connectivity index (χ0v) is 13.8. The third-order valence-corrected chi connectivity index (χ3v) is 3.63. The Morgan fingerprint density at radius 3 is 2.61 bits per heavy atom. The van der Waals surface area contributed by atoms with Gasteiger partial charge in [0.1, 0.15) is 12.2 Å². The van der Waals surface area contributed by atoms with Crippen molar-refractivity contribution in [2.75, 3.05) is 39.5 Å². The van der Waals surface area contributed by atoms with E-state index in [4.69, 9.17) is 4.74 Å². The van der Waals surface area contributed by atoms with Crippen molar-refractivity contribution in [1.82, 2.24) is 9.58 Å². The van der Waals surface area contributed by atoms with E-state index >= 15 is 0 Å². The molecule has 2 heterocycles. The molecule has 0 aromatic carbocycles. The lowest BCUT2D eigenvalue weighted by atomic mass is 10.2. The highest BCUT2D eigenvalue weighted by Gasteiger charge is 2.32. The number of rotatable bonds is 5. The molecule has 0 saturated carbocycles. The van der Waals surface area contributed by atoms with Crippen LogP contribution >= 0.6 is 0 Å². The Morgan fingerprint density at radius 1 is 1.30 bits per heavy atom. The number of nitrogens with zero attached hydrogens (tertiary/aromatic N) is 3. The topological polar surface area (TPSA) is 81.1 Å². The second-order valence-electron chi connectivity index (χ2n) is 5.39. The summed E-state index contributed by atoms with van der Waals surface area (Å²) < 4.78 is 11.7. The van der Waals surface area contributed by atoms with Gasteiger partial charge in [0, 0.05) is 20.3 Å². The average molecular weight is 323 g/mol. The van der Waals surface area contributed by atoms with Gasteiger partial charge in [0.15, 0.2) is 11.4 Å². The van der Waals surface area contributed by atoms with Gasteiger partial charge < -0.3 is 14.4 Å². The second-order valence-corrected chi connectivity index (χ2v) is 5.39. The van der Waals surface area contributed by atoms with Crippen molar-refractivity contribution in [2.45, 2.75) is 19.8 Å². The number of hydrogen-bond acceptors (Lipinski definition) is 6. The molecule has 0 radical (unpaired) electrons. The molecule has 0 N–H and O–H groups in total. The number of carbonyl (C=O) groups excluding carboxylic acids is 2. The number of carbonyl (C=O) groups is 2. The van der Waals surface area contributed by atoms with E-state index in [0.29, 0.717) is 13.3 Å². The van der Waals surface area contributed by atoms with Crippen LogP contribution in [0.25, 0.3) is 0 Å². The number of unbranched alkanes of at least 4 members (excludes halogenated alkanes) is 1. The van der Waals surface area contributed by atoms with Crippen molar-refractivity contribution in [1.29, 1.82) is 0 Å². The second kappa shape index (κ2) is 6.72. The van der Waals surface area contributed by atoms with Gasteiger partial charge >= 0.3 is 5.97 Å². The number of fused-ring (bicyclic) bond motifs is 1. The van der Waals surface area contributed by atoms with Gasteiger partial charge in [-0.2, -0.15) is 0 Å². The van der Waals surface area contributed by atoms with Crippen LogP contribution in [-0.4, -0.2) is 55.9 Å². The van der Waals surface area contributed by atoms with Crippen molar-refractivity contribution in [3.05, 3.63) is 27.7 Å². The SMILES string of the molecule is CCCCOc1c2n(cc(C(=O)OC)c1=O)N(C)CN(C)C2=O. The number of ether oxygens (including phenoxy) is 2. The Bertz CT molecular complexity index is 682. The fraction of sp³-hybridized carbons (Fsp3) is 0.533. The molecule has 1 aliphatic rings. The Labute approximate surface area is 134 Å². The summed E-state index contributed by atoms with van der Waals surface area (Å²) in [6, 6.07) is 0. The molecule has 2 rings (SSSR count). The van der Waals surface area contributed by atoms with E-state index < -0.39 is 11.4 Å². The van der Waals surface area contributed by atoms with Crippen LogP contribution < -0.4 is 15.2 Å². The standard InChI is InChI=1S/C15H21N3O5/c1-5-6-7-23-13-11-14(20)16(2)9-17(3)18(11)8-10(12(13)19)15(21)22-4/h8H,5-7,9H2,1-4H3. The molecule has 1 aliphatic heterocycles. The highest BCUT2D eigenvalue weighted by Crippen LogP contribution is 2.21. The Kier molecular flexibility index (Phi) is 4.92. The van der Waals surface area contributed by atoms with E-state index in [1.54, 1.807) is 19.1 Å². The number of aromatic nitrogens is 1. The molecule has 0 bridgehead atoms. The highest BCUT2D eigenvalue weighted by molar-refractivity contribution is 5.98. The van der Waals surface area contributed by atoms with Crippen molar-refractivity contribution in [3.63, 3.8) is 0 Å². The third kappa shape index (κ3) is 3.01. The Balaban J connectivity index is 2.65. The van der Waals surface area contributed by atoms with Gasteiger partial charge in [0.25, 0.3) is 5.91 Å². The molecule has 8 heteroatoms. The Morgan fingerprint density at radius 2 is 2.00 bits per heavy atom. The van der Waals surface area contributed by atoms with Gasteiger partial charge in [-0.3, -0.25) is 19.3 Å². The largest absolute Gasteiger partial charge is 0.487 e. The maximum atomic E-state index is 12.6. The maximum Gasteiger partial charge on any atom is 0.343 e. The number of amides is 1. The summed E-state index contributed by atoms with van der Waals surface area (Å²) in [5.74, 6) is -1.20. The fourth-order valence-corrected chi connectivity index (χ4v) is 2.37. The molecule has 8 nitrogen and oxygen atoms in total. The molecule has 1 amide bonds. The molecule has 0 aliphatic carbocycles. The average Bonchev–Trinajstić information content (AvgIpc) is 2.53. The van der Waals surface area contributed by atoms with Gasteiger partial charge in [-0.15, -0.1) is 0 Å². The van der Waals surface area contributed by atoms with Crippen LogP contribution in [0.5, 0.6) is 5.75 Å². The molecular formula is C15H21N3O5. The summed E-state index contributed by atoms with van der Waals surface area (Å²) in [6.07, 6.45) is 2.94. The van der Waals surface area contributed by atoms with E-state index in [9.17, 15) is 14.4 Å². The van der Waals surface area contributed by atoms with Crippen molar-refractivity contribution in [2.24, 2.45) is 0 Å². The molecule has 0 fully saturated rings. The van der Waals surface area contributed by atoms with Crippen molar-refractivity contribution < 1.29 is 19.1 Å². The predicted molar refractivity (Wildman–Crippen MR) is 83.5 cm³/mol. The normalized spacial score (nSPS) is 13.8. The number of hydrogen-bond donors (Lipinski definition) is 0. The van der Waals surface area contributed by atoms with Crippen LogP contribution in [0.1, 0.15) is 40.6 Å². The summed E-state index contributed by atoms with van der Waals surface area (Å²) in [5, 5.41) is 1.70. The first kappa shape index (κ1) is 16.9. The lowest BCUT2D eigenvalue weighted by Gasteiger charge is -2.36. The van der Waals surface area contributed by atoms with E-state index in [2.05, 4.69) is 4.74 Å². The quantitative estimate of drug-likeness (QED) is 0.577. The minimum Gasteiger partial charge on any atom is -0.487 e. The van der Waals surface area contributed by atoms with Crippen LogP contribution in [0.4, 0.5) is 0 Å². The molecular weight excluding hydrogens is 302 g/mol. The minimum atomic E-state index is -0.759. The lowest BCUT2D eigenvalue weighted by Crippen LogP contribution is -2.51. The molecule has 0 saturated heterocycles. The fourth-order valence-electron chi connectivity index (χ4n) is 2.37. The zero-order valence-electron chi connectivity index (χ0n) is 13.8. The number of esters is 1. The molecule has 126 valence electrons. The summed E-state index contributed by atoms with van der Waals surface area (Å²) in [6.45, 7) is 2.61. The van der Waals surface area contributed by atoms with Gasteiger partial charge in [0.05, 0.1) is 13.7 Å². The first-order valence-electron chi connectivity index (χ1n) is 7.40. The molecule has 23 heavy (non-hydrogen) atoms. The van der Waals surface area contributed by atoms with Gasteiger partial charge in [-0.25, -0.2) is 4.79 Å². The predicted octanol–water partition coefficient (Wildman–Crippen LogP) is 0.425. The van der Waals surface area contributed by atoms with Crippen LogP contribution in [0.2, 0.25) is 0 Å². The minimum absolute atomic E-state index is 0.107. The summed E-state index contributed by atoms with van der Waals surface area (Å²) >= 11 is 0. The number of methoxy groups -OCH3 is 1. The Hall–Kier alpha value is -2.51. The lowest BCUT2D eigenvalue weighted by molar-refractivity contribution is 0.0593. The molecule has 0 atom stereocenters. The van der Waals surface area contributed by atoms with E-state index in [1.165, 1.54) is 22.9 Å². The zero-order chi connectivity index (χ0) is 17.1. The van der Waals surface area contributed by atoms with Gasteiger partial charge in [-0.1, -0.05) is 13.3 Å². The summed E-state index contributed by atoms with van der Waals surface area (Å²) in [7, 11) is 4.58. The van der Waals surface area contributed by atoms with Crippen LogP contribution in [0, 0.1) is 0 Å². The molecule has 1 aromatic heterocycles. The smallest absolute Gasteiger partial charge is 0.343 e. The van der Waals surface area contributed by atoms with E-state index in [0.717, 1.165) is 12.8 Å². The molecule has 0 unspecified atom stereocenters. The van der Waals surface area contributed by atoms with Crippen LogP contribution in [0.15, 0.2) is 11.0 Å². The van der Waals surface area contributed by atoms with Crippen LogP contribution in [0.3, 0.4) is 0 Å². The molecule has 0 spiro atoms. The maximum absolute atomic E-state index is 12.6. The van der Waals surface area contributed by atoms with Crippen molar-refractivity contribution >= 4 is 11.9 Å². The van der Waals surface area contributed by atoms with Crippen LogP contribution in [-0.2, 0) is 4.74 Å². The molecule has 1 aromatic rings. The highest BCUT2D eigenvalue weighted by atomic mass is 16.5. The first-order chi connectivity index (χ1) is 10.9. The summed E-state index contributed by atoms with van der Waals surface area (Å²) in [4.78, 5) is 38.3. The van der Waals surface area contributed by atoms with Crippen molar-refractivity contribution in [3.8, 4) is 5.75 Å². The van der Waals surface area contributed by atoms with E-state index in [-0.39, 0.29) is 22.9 Å². The number of pyridine rings is 1. The van der Waals surface area contributed by atoms with Gasteiger partial charge in [0.2, 0.25) is 5.43 Å². The first-order valence-corrected chi connectivity index (χ1v) is 7.40. The van der Waals surface area contributed by atoms with E-state index in [1.807, 2.05) is 6.92 Å². The monoisotopic (exact) mass is 323 g/mol. The van der Waals surface area contributed by atoms with Gasteiger partial charge in [-0.05, 0) is 6.42 Å².